The maximum Gasteiger partial charge on any atom is 0.255 e. The number of nitrogens with one attached hydrogen (secondary N) is 2. The zero-order valence-electron chi connectivity index (χ0n) is 16.9. The molecule has 146 valence electrons. The third-order valence-corrected chi connectivity index (χ3v) is 5.76. The lowest BCUT2D eigenvalue weighted by atomic mass is 10.1. The second kappa shape index (κ2) is 7.78. The van der Waals surface area contributed by atoms with Gasteiger partial charge in [0.15, 0.2) is 0 Å². The van der Waals surface area contributed by atoms with Gasteiger partial charge in [-0.2, -0.15) is 0 Å². The highest BCUT2D eigenvalue weighted by Gasteiger charge is 2.14. The van der Waals surface area contributed by atoms with Crippen LogP contribution in [0.5, 0.6) is 0 Å². The van der Waals surface area contributed by atoms with E-state index in [1.165, 1.54) is 11.1 Å². The van der Waals surface area contributed by atoms with E-state index in [4.69, 9.17) is 0 Å². The molecule has 1 amide bonds. The van der Waals surface area contributed by atoms with Gasteiger partial charge in [-0.3, -0.25) is 9.69 Å². The summed E-state index contributed by atoms with van der Waals surface area (Å²) in [7, 11) is 2.17. The fourth-order valence-electron chi connectivity index (χ4n) is 3.82. The van der Waals surface area contributed by atoms with Crippen LogP contribution in [0.1, 0.15) is 27.2 Å². The molecule has 0 spiro atoms. The molecule has 0 radical (unpaired) electrons. The Labute approximate surface area is 166 Å². The number of benzene rings is 2. The van der Waals surface area contributed by atoms with Crippen molar-refractivity contribution >= 4 is 22.5 Å². The molecule has 1 aliphatic rings. The Hall–Kier alpha value is -2.63. The summed E-state index contributed by atoms with van der Waals surface area (Å²) in [6.45, 7) is 9.45. The number of likely N-dealkylation sites (N-methyl/N-ethyl adjacent to an activating group) is 1. The number of nitrogens with zero attached hydrogens (tertiary/aromatic N) is 2. The van der Waals surface area contributed by atoms with Crippen LogP contribution in [0.2, 0.25) is 0 Å². The van der Waals surface area contributed by atoms with E-state index in [0.29, 0.717) is 5.56 Å². The Balaban J connectivity index is 1.46. The van der Waals surface area contributed by atoms with Crippen molar-refractivity contribution in [2.45, 2.75) is 20.4 Å². The maximum absolute atomic E-state index is 12.8. The van der Waals surface area contributed by atoms with Gasteiger partial charge in [-0.05, 0) is 62.4 Å². The summed E-state index contributed by atoms with van der Waals surface area (Å²) >= 11 is 0. The molecule has 1 fully saturated rings. The molecule has 2 aromatic carbocycles. The standard InChI is InChI=1S/C23H28N4O/c1-16-17(2)24-22-8-7-19(14-21(16)22)23(28)25-20-6-4-5-18(13-20)15-27-11-9-26(3)10-12-27/h4-8,13-14,24H,9-12,15H2,1-3H3,(H,25,28). The topological polar surface area (TPSA) is 51.4 Å². The first kappa shape index (κ1) is 18.7. The van der Waals surface area contributed by atoms with Gasteiger partial charge in [0.2, 0.25) is 0 Å². The summed E-state index contributed by atoms with van der Waals surface area (Å²) in [5.74, 6) is -0.0723. The Morgan fingerprint density at radius 3 is 2.64 bits per heavy atom. The molecule has 5 nitrogen and oxygen atoms in total. The van der Waals surface area contributed by atoms with E-state index >= 15 is 0 Å². The quantitative estimate of drug-likeness (QED) is 0.728. The normalized spacial score (nSPS) is 15.8. The van der Waals surface area contributed by atoms with Crippen molar-refractivity contribution in [1.29, 1.82) is 0 Å². The molecule has 3 aromatic rings. The summed E-state index contributed by atoms with van der Waals surface area (Å²) < 4.78 is 0. The summed E-state index contributed by atoms with van der Waals surface area (Å²) in [5, 5.41) is 4.16. The zero-order chi connectivity index (χ0) is 19.7. The van der Waals surface area contributed by atoms with Crippen LogP contribution in [0.3, 0.4) is 0 Å². The van der Waals surface area contributed by atoms with E-state index in [9.17, 15) is 4.79 Å². The maximum atomic E-state index is 12.8. The second-order valence-corrected chi connectivity index (χ2v) is 7.87. The van der Waals surface area contributed by atoms with Crippen LogP contribution in [0.15, 0.2) is 42.5 Å². The van der Waals surface area contributed by atoms with Crippen LogP contribution < -0.4 is 5.32 Å². The van der Waals surface area contributed by atoms with E-state index in [1.54, 1.807) is 0 Å². The minimum atomic E-state index is -0.0723. The second-order valence-electron chi connectivity index (χ2n) is 7.87. The van der Waals surface area contributed by atoms with Gasteiger partial charge in [0.25, 0.3) is 5.91 Å². The van der Waals surface area contributed by atoms with Crippen molar-refractivity contribution in [3.8, 4) is 0 Å². The first-order valence-electron chi connectivity index (χ1n) is 9.90. The number of hydrogen-bond acceptors (Lipinski definition) is 3. The van der Waals surface area contributed by atoms with Gasteiger partial charge in [-0.1, -0.05) is 12.1 Å². The van der Waals surface area contributed by atoms with Crippen molar-refractivity contribution in [2.75, 3.05) is 38.5 Å². The number of anilines is 1. The highest BCUT2D eigenvalue weighted by molar-refractivity contribution is 6.06. The highest BCUT2D eigenvalue weighted by Crippen LogP contribution is 2.23. The molecule has 1 saturated heterocycles. The Morgan fingerprint density at radius 2 is 1.86 bits per heavy atom. The van der Waals surface area contributed by atoms with Crippen LogP contribution in [0.4, 0.5) is 5.69 Å². The number of carbonyl (C=O) groups is 1. The molecule has 1 aromatic heterocycles. The van der Waals surface area contributed by atoms with Crippen LogP contribution in [-0.2, 0) is 6.54 Å². The van der Waals surface area contributed by atoms with Crippen LogP contribution in [0, 0.1) is 13.8 Å². The smallest absolute Gasteiger partial charge is 0.255 e. The van der Waals surface area contributed by atoms with Crippen molar-refractivity contribution < 1.29 is 4.79 Å². The molecule has 2 N–H and O–H groups in total. The van der Waals surface area contributed by atoms with E-state index < -0.39 is 0 Å². The van der Waals surface area contributed by atoms with E-state index in [1.807, 2.05) is 30.3 Å². The largest absolute Gasteiger partial charge is 0.358 e. The van der Waals surface area contributed by atoms with Gasteiger partial charge in [-0.25, -0.2) is 0 Å². The van der Waals surface area contributed by atoms with Gasteiger partial charge in [0, 0.05) is 60.6 Å². The number of rotatable bonds is 4. The SMILES string of the molecule is Cc1[nH]c2ccc(C(=O)Nc3cccc(CN4CCN(C)CC4)c3)cc2c1C. The Bertz CT molecular complexity index is 999. The molecule has 1 aliphatic heterocycles. The fourth-order valence-corrected chi connectivity index (χ4v) is 3.82. The lowest BCUT2D eigenvalue weighted by Gasteiger charge is -2.32. The van der Waals surface area contributed by atoms with E-state index in [2.05, 4.69) is 53.1 Å². The predicted molar refractivity (Wildman–Crippen MR) is 115 cm³/mol. The Kier molecular flexibility index (Phi) is 5.20. The average molecular weight is 377 g/mol. The molecule has 0 bridgehead atoms. The number of hydrogen-bond donors (Lipinski definition) is 2. The number of H-pyrrole nitrogens is 1. The first-order chi connectivity index (χ1) is 13.5. The molecule has 4 rings (SSSR count). The number of fused-ring (bicyclic) bond motifs is 1. The average Bonchev–Trinajstić information content (AvgIpc) is 2.97. The lowest BCUT2D eigenvalue weighted by Crippen LogP contribution is -2.43. The number of aryl methyl sites for hydroxylation is 2. The van der Waals surface area contributed by atoms with Crippen LogP contribution >= 0.6 is 0 Å². The summed E-state index contributed by atoms with van der Waals surface area (Å²) in [5.41, 5.74) is 6.16. The highest BCUT2D eigenvalue weighted by atomic mass is 16.1. The van der Waals surface area contributed by atoms with Crippen molar-refractivity contribution in [3.05, 3.63) is 64.8 Å². The third-order valence-electron chi connectivity index (χ3n) is 5.76. The molecular formula is C23H28N4O. The van der Waals surface area contributed by atoms with Gasteiger partial charge >= 0.3 is 0 Å². The summed E-state index contributed by atoms with van der Waals surface area (Å²) in [6.07, 6.45) is 0. The van der Waals surface area contributed by atoms with Gasteiger partial charge in [0.1, 0.15) is 0 Å². The lowest BCUT2D eigenvalue weighted by molar-refractivity contribution is 0.102. The number of aromatic amines is 1. The van der Waals surface area contributed by atoms with Crippen LogP contribution in [0.25, 0.3) is 10.9 Å². The molecule has 0 unspecified atom stereocenters. The van der Waals surface area contributed by atoms with Crippen molar-refractivity contribution in [2.24, 2.45) is 0 Å². The minimum Gasteiger partial charge on any atom is -0.358 e. The van der Waals surface area contributed by atoms with E-state index in [-0.39, 0.29) is 5.91 Å². The summed E-state index contributed by atoms with van der Waals surface area (Å²) in [4.78, 5) is 21.0. The fraction of sp³-hybridized carbons (Fsp3) is 0.348. The monoisotopic (exact) mass is 376 g/mol. The number of piperazine rings is 1. The van der Waals surface area contributed by atoms with Crippen molar-refractivity contribution in [1.82, 2.24) is 14.8 Å². The van der Waals surface area contributed by atoms with Gasteiger partial charge < -0.3 is 15.2 Å². The summed E-state index contributed by atoms with van der Waals surface area (Å²) in [6, 6.07) is 14.0. The first-order valence-corrected chi connectivity index (χ1v) is 9.90. The van der Waals surface area contributed by atoms with Crippen LogP contribution in [-0.4, -0.2) is 53.9 Å². The van der Waals surface area contributed by atoms with E-state index in [0.717, 1.165) is 55.0 Å². The number of carbonyl (C=O) groups excluding carboxylic acids is 1. The molecule has 2 heterocycles. The van der Waals surface area contributed by atoms with Crippen molar-refractivity contribution in [3.63, 3.8) is 0 Å². The molecule has 28 heavy (non-hydrogen) atoms. The Morgan fingerprint density at radius 1 is 1.07 bits per heavy atom. The number of aromatic nitrogens is 1. The van der Waals surface area contributed by atoms with Gasteiger partial charge in [0.05, 0.1) is 0 Å². The zero-order valence-corrected chi connectivity index (χ0v) is 16.9. The minimum absolute atomic E-state index is 0.0723. The molecule has 0 saturated carbocycles. The molecule has 0 atom stereocenters. The predicted octanol–water partition coefficient (Wildman–Crippen LogP) is 3.78. The number of amides is 1. The molecule has 5 heteroatoms. The molecule has 0 aliphatic carbocycles. The third kappa shape index (κ3) is 3.96. The van der Waals surface area contributed by atoms with Gasteiger partial charge in [-0.15, -0.1) is 0 Å². The molecular weight excluding hydrogens is 348 g/mol.